The second-order valence-electron chi connectivity index (χ2n) is 4.85. The van der Waals surface area contributed by atoms with Gasteiger partial charge in [-0.2, -0.15) is 28.4 Å². The molecule has 1 aromatic heterocycles. The number of halogens is 7. The molecule has 24 heavy (non-hydrogen) atoms. The van der Waals surface area contributed by atoms with Crippen LogP contribution in [0.3, 0.4) is 0 Å². The van der Waals surface area contributed by atoms with Gasteiger partial charge in [-0.25, -0.2) is 17.6 Å². The van der Waals surface area contributed by atoms with Crippen molar-refractivity contribution in [3.05, 3.63) is 18.0 Å². The van der Waals surface area contributed by atoms with Gasteiger partial charge in [-0.05, 0) is 6.07 Å². The minimum absolute atomic E-state index is 0.242. The second-order valence-corrected chi connectivity index (χ2v) is 4.85. The topological polar surface area (TPSA) is 70.7 Å². The van der Waals surface area contributed by atoms with Crippen molar-refractivity contribution >= 4 is 11.6 Å². The zero-order valence-corrected chi connectivity index (χ0v) is 11.5. The van der Waals surface area contributed by atoms with E-state index in [2.05, 4.69) is 10.2 Å². The fourth-order valence-electron chi connectivity index (χ4n) is 1.96. The lowest BCUT2D eigenvalue weighted by Gasteiger charge is -2.29. The van der Waals surface area contributed by atoms with Crippen LogP contribution in [0.4, 0.5) is 30.7 Å². The van der Waals surface area contributed by atoms with Crippen molar-refractivity contribution in [2.75, 3.05) is 0 Å². The van der Waals surface area contributed by atoms with Crippen LogP contribution < -0.4 is 0 Å². The lowest BCUT2D eigenvalue weighted by atomic mass is 10.1. The van der Waals surface area contributed by atoms with Crippen molar-refractivity contribution in [3.63, 3.8) is 0 Å². The number of nitrogens with zero attached hydrogens (tertiary/aromatic N) is 4. The number of hydrogen-bond acceptors (Lipinski definition) is 4. The van der Waals surface area contributed by atoms with Crippen molar-refractivity contribution in [3.8, 4) is 0 Å². The first-order chi connectivity index (χ1) is 10.9. The lowest BCUT2D eigenvalue weighted by molar-refractivity contribution is -0.192. The summed E-state index contributed by atoms with van der Waals surface area (Å²) in [4.78, 5) is 11.9. The molecule has 0 radical (unpaired) electrons. The zero-order chi connectivity index (χ0) is 18.3. The van der Waals surface area contributed by atoms with Gasteiger partial charge < -0.3 is 5.11 Å². The SMILES string of the molecule is O=C(Cn1ccc(C(F)(F)F)n1)N1N=C(C(F)F)CC1(O)C(F)F. The predicted molar refractivity (Wildman–Crippen MR) is 63.1 cm³/mol. The molecular weight excluding hydrogens is 353 g/mol. The van der Waals surface area contributed by atoms with Crippen LogP contribution in [0.15, 0.2) is 17.4 Å². The van der Waals surface area contributed by atoms with Gasteiger partial charge in [0.25, 0.3) is 18.8 Å². The lowest BCUT2D eigenvalue weighted by Crippen LogP contribution is -2.52. The van der Waals surface area contributed by atoms with Gasteiger partial charge >= 0.3 is 6.18 Å². The number of rotatable bonds is 4. The highest BCUT2D eigenvalue weighted by Crippen LogP contribution is 2.33. The molecule has 0 saturated heterocycles. The predicted octanol–water partition coefficient (Wildman–Crippen LogP) is 1.71. The van der Waals surface area contributed by atoms with E-state index in [0.29, 0.717) is 10.7 Å². The van der Waals surface area contributed by atoms with E-state index in [1.165, 1.54) is 0 Å². The maximum absolute atomic E-state index is 12.9. The van der Waals surface area contributed by atoms with Crippen molar-refractivity contribution < 1.29 is 40.6 Å². The molecule has 1 unspecified atom stereocenters. The second kappa shape index (κ2) is 6.03. The molecular formula is C11H9F7N4O2. The van der Waals surface area contributed by atoms with Gasteiger partial charge in [-0.15, -0.1) is 0 Å². The van der Waals surface area contributed by atoms with Crippen molar-refractivity contribution in [1.29, 1.82) is 0 Å². The summed E-state index contributed by atoms with van der Waals surface area (Å²) in [6, 6.07) is 0.532. The van der Waals surface area contributed by atoms with Crippen LogP contribution in [0.1, 0.15) is 12.1 Å². The Balaban J connectivity index is 2.22. The van der Waals surface area contributed by atoms with Gasteiger partial charge in [0.2, 0.25) is 5.72 Å². The Morgan fingerprint density at radius 1 is 1.33 bits per heavy atom. The summed E-state index contributed by atoms with van der Waals surface area (Å²) in [5.41, 5.74) is -5.76. The van der Waals surface area contributed by atoms with Crippen LogP contribution in [-0.4, -0.2) is 50.1 Å². The van der Waals surface area contributed by atoms with Crippen LogP contribution in [0, 0.1) is 0 Å². The molecule has 0 fully saturated rings. The minimum atomic E-state index is -4.79. The molecule has 13 heteroatoms. The first kappa shape index (κ1) is 18.2. The van der Waals surface area contributed by atoms with E-state index in [1.54, 1.807) is 0 Å². The number of carbonyl (C=O) groups excluding carboxylic acids is 1. The molecule has 1 atom stereocenters. The monoisotopic (exact) mass is 362 g/mol. The first-order valence-electron chi connectivity index (χ1n) is 6.25. The van der Waals surface area contributed by atoms with Gasteiger partial charge in [0.05, 0.1) is 0 Å². The van der Waals surface area contributed by atoms with E-state index in [9.17, 15) is 40.6 Å². The fraction of sp³-hybridized carbons (Fsp3) is 0.545. The molecule has 1 aliphatic rings. The molecule has 2 rings (SSSR count). The standard InChI is InChI=1S/C11H9F7N4O2/c12-8(13)5-3-10(24,9(14)15)22(19-5)7(23)4-21-2-1-6(20-21)11(16,17)18/h1-2,8-9,24H,3-4H2. The third-order valence-electron chi connectivity index (χ3n) is 3.10. The smallest absolute Gasteiger partial charge is 0.364 e. The number of aromatic nitrogens is 2. The number of aliphatic hydroxyl groups is 1. The van der Waals surface area contributed by atoms with Gasteiger partial charge in [0.15, 0.2) is 5.69 Å². The van der Waals surface area contributed by atoms with Crippen molar-refractivity contribution in [1.82, 2.24) is 14.8 Å². The highest BCUT2D eigenvalue weighted by Gasteiger charge is 2.53. The molecule has 2 heterocycles. The third-order valence-corrected chi connectivity index (χ3v) is 3.10. The Morgan fingerprint density at radius 3 is 2.42 bits per heavy atom. The Kier molecular flexibility index (Phi) is 4.57. The number of alkyl halides is 7. The third kappa shape index (κ3) is 3.34. The Labute approximate surface area is 129 Å². The summed E-state index contributed by atoms with van der Waals surface area (Å²) >= 11 is 0. The molecule has 1 amide bonds. The van der Waals surface area contributed by atoms with Gasteiger partial charge in [0, 0.05) is 12.6 Å². The molecule has 1 N–H and O–H groups in total. The highest BCUT2D eigenvalue weighted by molar-refractivity contribution is 5.92. The van der Waals surface area contributed by atoms with Crippen LogP contribution >= 0.6 is 0 Å². The molecule has 0 aromatic carbocycles. The van der Waals surface area contributed by atoms with E-state index in [4.69, 9.17) is 0 Å². The number of amides is 1. The quantitative estimate of drug-likeness (QED) is 0.829. The largest absolute Gasteiger partial charge is 0.435 e. The van der Waals surface area contributed by atoms with E-state index >= 15 is 0 Å². The average Bonchev–Trinajstić information content (AvgIpc) is 3.03. The summed E-state index contributed by atoms with van der Waals surface area (Å²) in [7, 11) is 0. The molecule has 1 aliphatic heterocycles. The Bertz CT molecular complexity index is 657. The molecule has 134 valence electrons. The first-order valence-corrected chi connectivity index (χ1v) is 6.25. The molecule has 0 saturated carbocycles. The molecule has 0 aliphatic carbocycles. The normalized spacial score (nSPS) is 21.8. The summed E-state index contributed by atoms with van der Waals surface area (Å²) in [5.74, 6) is -1.43. The summed E-state index contributed by atoms with van der Waals surface area (Å²) < 4.78 is 88.7. The van der Waals surface area contributed by atoms with Crippen LogP contribution in [-0.2, 0) is 17.5 Å². The summed E-state index contributed by atoms with van der Waals surface area (Å²) in [6.45, 7) is -1.01. The highest BCUT2D eigenvalue weighted by atomic mass is 19.4. The number of hydrazone groups is 1. The van der Waals surface area contributed by atoms with E-state index in [1.807, 2.05) is 0 Å². The van der Waals surface area contributed by atoms with Gasteiger partial charge in [0.1, 0.15) is 12.3 Å². The maximum atomic E-state index is 12.9. The summed E-state index contributed by atoms with van der Waals surface area (Å²) in [6.07, 6.45) is -12.2. The van der Waals surface area contributed by atoms with Crippen molar-refractivity contribution in [2.24, 2.45) is 5.10 Å². The molecule has 0 bridgehead atoms. The number of carbonyl (C=O) groups is 1. The molecule has 6 nitrogen and oxygen atoms in total. The minimum Gasteiger partial charge on any atom is -0.364 e. The molecule has 0 spiro atoms. The maximum Gasteiger partial charge on any atom is 0.435 e. The van der Waals surface area contributed by atoms with E-state index < -0.39 is 55.0 Å². The zero-order valence-electron chi connectivity index (χ0n) is 11.5. The Morgan fingerprint density at radius 2 is 1.96 bits per heavy atom. The van der Waals surface area contributed by atoms with Crippen LogP contribution in [0.2, 0.25) is 0 Å². The van der Waals surface area contributed by atoms with Crippen LogP contribution in [0.25, 0.3) is 0 Å². The van der Waals surface area contributed by atoms with Gasteiger partial charge in [-0.1, -0.05) is 0 Å². The number of hydrogen-bond donors (Lipinski definition) is 1. The Hall–Kier alpha value is -2.18. The summed E-state index contributed by atoms with van der Waals surface area (Å²) in [5, 5.41) is 15.5. The van der Waals surface area contributed by atoms with E-state index in [-0.39, 0.29) is 5.01 Å². The average molecular weight is 362 g/mol. The van der Waals surface area contributed by atoms with Gasteiger partial charge in [-0.3, -0.25) is 9.48 Å². The van der Waals surface area contributed by atoms with Crippen molar-refractivity contribution in [2.45, 2.75) is 37.7 Å². The van der Waals surface area contributed by atoms with E-state index in [0.717, 1.165) is 6.20 Å². The van der Waals surface area contributed by atoms with Crippen LogP contribution in [0.5, 0.6) is 0 Å². The fourth-order valence-corrected chi connectivity index (χ4v) is 1.96. The molecule has 1 aromatic rings.